The summed E-state index contributed by atoms with van der Waals surface area (Å²) in [4.78, 5) is 13.0. The Bertz CT molecular complexity index is 1170. The van der Waals surface area contributed by atoms with Crippen LogP contribution in [0.3, 0.4) is 0 Å². The number of sulfonamides is 1. The molecule has 3 aromatic rings. The van der Waals surface area contributed by atoms with Gasteiger partial charge in [0.1, 0.15) is 0 Å². The Kier molecular flexibility index (Phi) is 6.81. The van der Waals surface area contributed by atoms with Crippen molar-refractivity contribution in [2.24, 2.45) is 0 Å². The third-order valence-electron chi connectivity index (χ3n) is 5.39. The van der Waals surface area contributed by atoms with Crippen molar-refractivity contribution in [2.75, 3.05) is 11.4 Å². The quantitative estimate of drug-likeness (QED) is 0.566. The number of amides is 1. The molecule has 1 amide bonds. The van der Waals surface area contributed by atoms with Crippen LogP contribution in [0.1, 0.15) is 46.4 Å². The van der Waals surface area contributed by atoms with Crippen LogP contribution in [0.5, 0.6) is 0 Å². The van der Waals surface area contributed by atoms with Crippen molar-refractivity contribution in [1.82, 2.24) is 5.32 Å². The molecule has 0 aliphatic carbocycles. The molecule has 31 heavy (non-hydrogen) atoms. The number of nitrogens with zero attached hydrogens (tertiary/aromatic N) is 1. The normalized spacial score (nSPS) is 12.3. The summed E-state index contributed by atoms with van der Waals surface area (Å²) in [6, 6.07) is 21.0. The van der Waals surface area contributed by atoms with E-state index >= 15 is 0 Å². The van der Waals surface area contributed by atoms with Gasteiger partial charge in [-0.2, -0.15) is 0 Å². The highest BCUT2D eigenvalue weighted by molar-refractivity contribution is 7.92. The van der Waals surface area contributed by atoms with Crippen molar-refractivity contribution >= 4 is 21.6 Å². The van der Waals surface area contributed by atoms with Gasteiger partial charge in [0.15, 0.2) is 0 Å². The van der Waals surface area contributed by atoms with Crippen molar-refractivity contribution in [3.05, 3.63) is 95.1 Å². The number of aryl methyl sites for hydroxylation is 2. The molecule has 6 heteroatoms. The zero-order chi connectivity index (χ0) is 22.6. The highest BCUT2D eigenvalue weighted by Crippen LogP contribution is 2.24. The Morgan fingerprint density at radius 3 is 2.32 bits per heavy atom. The lowest BCUT2D eigenvalue weighted by Crippen LogP contribution is -2.29. The van der Waals surface area contributed by atoms with Gasteiger partial charge in [0.05, 0.1) is 16.6 Å². The zero-order valence-corrected chi connectivity index (χ0v) is 19.1. The Labute approximate surface area is 184 Å². The molecule has 0 unspecified atom stereocenters. The topological polar surface area (TPSA) is 66.5 Å². The summed E-state index contributed by atoms with van der Waals surface area (Å²) in [7, 11) is -2.29. The van der Waals surface area contributed by atoms with Crippen LogP contribution in [0.4, 0.5) is 5.69 Å². The second-order valence-electron chi connectivity index (χ2n) is 7.63. The number of benzene rings is 3. The molecule has 0 aromatic heterocycles. The summed E-state index contributed by atoms with van der Waals surface area (Å²) in [5.41, 5.74) is 4.22. The number of carbonyl (C=O) groups excluding carboxylic acids is 1. The lowest BCUT2D eigenvalue weighted by atomic mass is 9.97. The molecule has 0 aliphatic heterocycles. The van der Waals surface area contributed by atoms with Gasteiger partial charge < -0.3 is 5.32 Å². The smallest absolute Gasteiger partial charge is 0.264 e. The fourth-order valence-corrected chi connectivity index (χ4v) is 4.83. The number of para-hydroxylation sites is 1. The van der Waals surface area contributed by atoms with Gasteiger partial charge in [0.2, 0.25) is 0 Å². The largest absolute Gasteiger partial charge is 0.345 e. The summed E-state index contributed by atoms with van der Waals surface area (Å²) in [6.07, 6.45) is 0.727. The van der Waals surface area contributed by atoms with Crippen molar-refractivity contribution in [2.45, 2.75) is 38.1 Å². The summed E-state index contributed by atoms with van der Waals surface area (Å²) < 4.78 is 27.4. The summed E-state index contributed by atoms with van der Waals surface area (Å²) in [5, 5.41) is 3.05. The molecule has 0 saturated carbocycles. The second kappa shape index (κ2) is 9.35. The molecule has 0 spiro atoms. The summed E-state index contributed by atoms with van der Waals surface area (Å²) in [5.74, 6) is -0.300. The first-order valence-corrected chi connectivity index (χ1v) is 11.7. The van der Waals surface area contributed by atoms with Crippen molar-refractivity contribution in [3.63, 3.8) is 0 Å². The van der Waals surface area contributed by atoms with Crippen molar-refractivity contribution in [3.8, 4) is 0 Å². The van der Waals surface area contributed by atoms with Crippen LogP contribution in [0.25, 0.3) is 0 Å². The van der Waals surface area contributed by atoms with Crippen LogP contribution >= 0.6 is 0 Å². The number of nitrogens with one attached hydrogen (secondary N) is 1. The maximum absolute atomic E-state index is 13.1. The SMILES string of the molecule is CC[C@@H](NC(=O)c1cccc(S(=O)(=O)N(C)c2ccccc2)c1)c1ccc(C)cc1C. The Morgan fingerprint density at radius 2 is 1.68 bits per heavy atom. The molecule has 0 saturated heterocycles. The van der Waals surface area contributed by atoms with Crippen molar-refractivity contribution in [1.29, 1.82) is 0 Å². The fourth-order valence-electron chi connectivity index (χ4n) is 3.59. The molecule has 0 heterocycles. The van der Waals surface area contributed by atoms with Gasteiger partial charge >= 0.3 is 0 Å². The number of rotatable bonds is 7. The van der Waals surface area contributed by atoms with E-state index in [1.165, 1.54) is 29.0 Å². The molecular formula is C25H28N2O3S. The summed E-state index contributed by atoms with van der Waals surface area (Å²) >= 11 is 0. The first-order chi connectivity index (χ1) is 14.7. The Morgan fingerprint density at radius 1 is 0.968 bits per heavy atom. The van der Waals surface area contributed by atoms with Crippen LogP contribution in [0.2, 0.25) is 0 Å². The third kappa shape index (κ3) is 4.97. The molecule has 1 atom stereocenters. The van der Waals surface area contributed by atoms with Gasteiger partial charge in [0.25, 0.3) is 15.9 Å². The average molecular weight is 437 g/mol. The van der Waals surface area contributed by atoms with Crippen LogP contribution in [0, 0.1) is 13.8 Å². The van der Waals surface area contributed by atoms with E-state index in [2.05, 4.69) is 11.4 Å². The van der Waals surface area contributed by atoms with Gasteiger partial charge in [-0.1, -0.05) is 55.0 Å². The minimum atomic E-state index is -3.79. The van der Waals surface area contributed by atoms with E-state index in [9.17, 15) is 13.2 Å². The maximum atomic E-state index is 13.1. The highest BCUT2D eigenvalue weighted by atomic mass is 32.2. The highest BCUT2D eigenvalue weighted by Gasteiger charge is 2.23. The van der Waals surface area contributed by atoms with E-state index in [-0.39, 0.29) is 16.8 Å². The molecule has 3 rings (SSSR count). The van der Waals surface area contributed by atoms with Gasteiger partial charge in [-0.15, -0.1) is 0 Å². The van der Waals surface area contributed by atoms with Gasteiger partial charge in [-0.05, 0) is 61.7 Å². The average Bonchev–Trinajstić information content (AvgIpc) is 2.78. The number of anilines is 1. The first-order valence-electron chi connectivity index (χ1n) is 10.3. The molecule has 0 bridgehead atoms. The number of carbonyl (C=O) groups is 1. The predicted octanol–water partition coefficient (Wildman–Crippen LogP) is 5.01. The van der Waals surface area contributed by atoms with Crippen LogP contribution in [-0.2, 0) is 10.0 Å². The van der Waals surface area contributed by atoms with Crippen LogP contribution in [-0.4, -0.2) is 21.4 Å². The maximum Gasteiger partial charge on any atom is 0.264 e. The third-order valence-corrected chi connectivity index (χ3v) is 7.17. The van der Waals surface area contributed by atoms with E-state index in [0.29, 0.717) is 11.3 Å². The van der Waals surface area contributed by atoms with E-state index < -0.39 is 10.0 Å². The van der Waals surface area contributed by atoms with E-state index in [1.807, 2.05) is 39.0 Å². The molecule has 162 valence electrons. The molecule has 0 aliphatic rings. The van der Waals surface area contributed by atoms with Crippen LogP contribution < -0.4 is 9.62 Å². The zero-order valence-electron chi connectivity index (χ0n) is 18.3. The van der Waals surface area contributed by atoms with Gasteiger partial charge in [0, 0.05) is 12.6 Å². The number of hydrogen-bond acceptors (Lipinski definition) is 3. The Balaban J connectivity index is 1.85. The first kappa shape index (κ1) is 22.6. The molecule has 5 nitrogen and oxygen atoms in total. The lowest BCUT2D eigenvalue weighted by molar-refractivity contribution is 0.0935. The second-order valence-corrected chi connectivity index (χ2v) is 9.60. The molecular weight excluding hydrogens is 408 g/mol. The monoisotopic (exact) mass is 436 g/mol. The van der Waals surface area contributed by atoms with E-state index in [4.69, 9.17) is 0 Å². The molecule has 0 fully saturated rings. The standard InChI is InChI=1S/C25H28N2O3S/c1-5-24(23-15-14-18(2)16-19(23)3)26-25(28)20-10-9-13-22(17-20)31(29,30)27(4)21-11-7-6-8-12-21/h6-17,24H,5H2,1-4H3,(H,26,28)/t24-/m1/s1. The molecule has 3 aromatic carbocycles. The minimum absolute atomic E-state index is 0.0751. The van der Waals surface area contributed by atoms with E-state index in [0.717, 1.165) is 17.5 Å². The van der Waals surface area contributed by atoms with Crippen LogP contribution in [0.15, 0.2) is 77.7 Å². The molecule has 0 radical (unpaired) electrons. The Hall–Kier alpha value is -3.12. The van der Waals surface area contributed by atoms with Gasteiger partial charge in [-0.25, -0.2) is 8.42 Å². The lowest BCUT2D eigenvalue weighted by Gasteiger charge is -2.21. The van der Waals surface area contributed by atoms with E-state index in [1.54, 1.807) is 36.4 Å². The molecule has 1 N–H and O–H groups in total. The minimum Gasteiger partial charge on any atom is -0.345 e. The van der Waals surface area contributed by atoms with Crippen molar-refractivity contribution < 1.29 is 13.2 Å². The summed E-state index contributed by atoms with van der Waals surface area (Å²) in [6.45, 7) is 6.08. The van der Waals surface area contributed by atoms with Gasteiger partial charge in [-0.3, -0.25) is 9.10 Å². The fraction of sp³-hybridized carbons (Fsp3) is 0.240. The number of hydrogen-bond donors (Lipinski definition) is 1. The predicted molar refractivity (Wildman–Crippen MR) is 125 cm³/mol.